The standard InChI is InChI=1S/C12H24/c1-10-5-6-11(2)9-12(3,4)8-7-10/h10-11H,5-9H2,1-4H3. The zero-order valence-corrected chi connectivity index (χ0v) is 9.19. The third-order valence-corrected chi connectivity index (χ3v) is 3.37. The molecule has 2 unspecified atom stereocenters. The Morgan fingerprint density at radius 2 is 1.50 bits per heavy atom. The zero-order chi connectivity index (χ0) is 9.19. The van der Waals surface area contributed by atoms with Crippen molar-refractivity contribution < 1.29 is 0 Å². The largest absolute Gasteiger partial charge is 0.0625 e. The molecule has 0 bridgehead atoms. The molecule has 1 saturated carbocycles. The summed E-state index contributed by atoms with van der Waals surface area (Å²) in [6.07, 6.45) is 7.21. The van der Waals surface area contributed by atoms with E-state index in [1.807, 2.05) is 0 Å². The minimum Gasteiger partial charge on any atom is -0.0625 e. The molecule has 12 heavy (non-hydrogen) atoms. The molecule has 1 aliphatic carbocycles. The molecule has 0 radical (unpaired) electrons. The van der Waals surface area contributed by atoms with E-state index in [1.165, 1.54) is 32.1 Å². The van der Waals surface area contributed by atoms with Crippen molar-refractivity contribution >= 4 is 0 Å². The third kappa shape index (κ3) is 3.16. The van der Waals surface area contributed by atoms with Gasteiger partial charge in [0, 0.05) is 0 Å². The van der Waals surface area contributed by atoms with Gasteiger partial charge < -0.3 is 0 Å². The van der Waals surface area contributed by atoms with Gasteiger partial charge in [-0.3, -0.25) is 0 Å². The summed E-state index contributed by atoms with van der Waals surface area (Å²) in [6, 6.07) is 0. The van der Waals surface area contributed by atoms with Crippen LogP contribution in [0, 0.1) is 17.3 Å². The monoisotopic (exact) mass is 168 g/mol. The Labute approximate surface area is 77.7 Å². The van der Waals surface area contributed by atoms with Crippen LogP contribution < -0.4 is 0 Å². The third-order valence-electron chi connectivity index (χ3n) is 3.37. The second-order valence-electron chi connectivity index (χ2n) is 5.69. The van der Waals surface area contributed by atoms with E-state index in [0.29, 0.717) is 5.41 Å². The maximum absolute atomic E-state index is 2.43. The van der Waals surface area contributed by atoms with Gasteiger partial charge in [-0.25, -0.2) is 0 Å². The molecule has 0 amide bonds. The van der Waals surface area contributed by atoms with Crippen LogP contribution >= 0.6 is 0 Å². The highest BCUT2D eigenvalue weighted by atomic mass is 14.3. The lowest BCUT2D eigenvalue weighted by Crippen LogP contribution is -2.20. The first-order chi connectivity index (χ1) is 5.49. The van der Waals surface area contributed by atoms with E-state index in [4.69, 9.17) is 0 Å². The Balaban J connectivity index is 2.49. The van der Waals surface area contributed by atoms with Crippen molar-refractivity contribution in [2.45, 2.75) is 59.8 Å². The SMILES string of the molecule is CC1CCC(C)CC(C)(C)CC1. The van der Waals surface area contributed by atoms with Crippen LogP contribution in [0.2, 0.25) is 0 Å². The number of rotatable bonds is 0. The van der Waals surface area contributed by atoms with Crippen LogP contribution in [-0.4, -0.2) is 0 Å². The van der Waals surface area contributed by atoms with Gasteiger partial charge in [-0.1, -0.05) is 47.0 Å². The lowest BCUT2D eigenvalue weighted by atomic mass is 9.73. The van der Waals surface area contributed by atoms with Gasteiger partial charge in [0.05, 0.1) is 0 Å². The predicted molar refractivity (Wildman–Crippen MR) is 55.2 cm³/mol. The van der Waals surface area contributed by atoms with E-state index in [1.54, 1.807) is 0 Å². The van der Waals surface area contributed by atoms with Crippen molar-refractivity contribution in [1.82, 2.24) is 0 Å². The van der Waals surface area contributed by atoms with E-state index in [9.17, 15) is 0 Å². The summed E-state index contributed by atoms with van der Waals surface area (Å²) in [4.78, 5) is 0. The molecule has 1 fully saturated rings. The number of hydrogen-bond donors (Lipinski definition) is 0. The first-order valence-electron chi connectivity index (χ1n) is 5.49. The van der Waals surface area contributed by atoms with Crippen molar-refractivity contribution in [2.24, 2.45) is 17.3 Å². The van der Waals surface area contributed by atoms with Gasteiger partial charge in [-0.2, -0.15) is 0 Å². The maximum Gasteiger partial charge on any atom is -0.0352 e. The normalized spacial score (nSPS) is 37.0. The first-order valence-corrected chi connectivity index (χ1v) is 5.49. The Hall–Kier alpha value is 0. The topological polar surface area (TPSA) is 0 Å². The highest BCUT2D eigenvalue weighted by Gasteiger charge is 2.24. The van der Waals surface area contributed by atoms with Crippen LogP contribution in [0.3, 0.4) is 0 Å². The van der Waals surface area contributed by atoms with Crippen LogP contribution in [0.1, 0.15) is 59.8 Å². The average molecular weight is 168 g/mol. The molecule has 0 aromatic carbocycles. The lowest BCUT2D eigenvalue weighted by molar-refractivity contribution is 0.196. The van der Waals surface area contributed by atoms with Crippen LogP contribution in [0.4, 0.5) is 0 Å². The molecule has 0 aromatic heterocycles. The molecule has 0 spiro atoms. The summed E-state index contributed by atoms with van der Waals surface area (Å²) < 4.78 is 0. The molecular formula is C12H24. The summed E-state index contributed by atoms with van der Waals surface area (Å²) in [5.41, 5.74) is 0.605. The fourth-order valence-corrected chi connectivity index (χ4v) is 2.50. The molecule has 1 rings (SSSR count). The molecule has 0 heteroatoms. The molecule has 0 aliphatic heterocycles. The van der Waals surface area contributed by atoms with Crippen molar-refractivity contribution in [3.05, 3.63) is 0 Å². The Morgan fingerprint density at radius 1 is 0.917 bits per heavy atom. The smallest absolute Gasteiger partial charge is 0.0352 e. The Bertz CT molecular complexity index is 135. The zero-order valence-electron chi connectivity index (χ0n) is 9.19. The van der Waals surface area contributed by atoms with Crippen molar-refractivity contribution in [3.8, 4) is 0 Å². The minimum atomic E-state index is 0.605. The van der Waals surface area contributed by atoms with Gasteiger partial charge in [-0.05, 0) is 30.1 Å². The van der Waals surface area contributed by atoms with Crippen LogP contribution in [0.25, 0.3) is 0 Å². The van der Waals surface area contributed by atoms with E-state index in [0.717, 1.165) is 11.8 Å². The van der Waals surface area contributed by atoms with E-state index in [-0.39, 0.29) is 0 Å². The van der Waals surface area contributed by atoms with Gasteiger partial charge in [0.2, 0.25) is 0 Å². The molecule has 1 aliphatic rings. The van der Waals surface area contributed by atoms with Crippen molar-refractivity contribution in [1.29, 1.82) is 0 Å². The summed E-state index contributed by atoms with van der Waals surface area (Å²) in [6.45, 7) is 9.69. The molecule has 2 atom stereocenters. The minimum absolute atomic E-state index is 0.605. The van der Waals surface area contributed by atoms with Gasteiger partial charge in [-0.15, -0.1) is 0 Å². The average Bonchev–Trinajstić information content (AvgIpc) is 1.95. The lowest BCUT2D eigenvalue weighted by Gasteiger charge is -2.32. The van der Waals surface area contributed by atoms with Crippen molar-refractivity contribution in [3.63, 3.8) is 0 Å². The Kier molecular flexibility index (Phi) is 3.20. The van der Waals surface area contributed by atoms with Crippen LogP contribution in [0.15, 0.2) is 0 Å². The second-order valence-corrected chi connectivity index (χ2v) is 5.69. The Morgan fingerprint density at radius 3 is 2.17 bits per heavy atom. The quantitative estimate of drug-likeness (QED) is 0.507. The van der Waals surface area contributed by atoms with Crippen molar-refractivity contribution in [2.75, 3.05) is 0 Å². The fraction of sp³-hybridized carbons (Fsp3) is 1.00. The van der Waals surface area contributed by atoms with Crippen LogP contribution in [-0.2, 0) is 0 Å². The fourth-order valence-electron chi connectivity index (χ4n) is 2.50. The second kappa shape index (κ2) is 3.81. The molecular weight excluding hydrogens is 144 g/mol. The van der Waals surface area contributed by atoms with Gasteiger partial charge in [0.1, 0.15) is 0 Å². The summed E-state index contributed by atoms with van der Waals surface area (Å²) >= 11 is 0. The molecule has 72 valence electrons. The molecule has 0 nitrogen and oxygen atoms in total. The molecule has 0 saturated heterocycles. The number of hydrogen-bond acceptors (Lipinski definition) is 0. The highest BCUT2D eigenvalue weighted by Crippen LogP contribution is 2.37. The summed E-state index contributed by atoms with van der Waals surface area (Å²) in [5.74, 6) is 1.91. The molecule has 0 aromatic rings. The van der Waals surface area contributed by atoms with E-state index < -0.39 is 0 Å². The highest BCUT2D eigenvalue weighted by molar-refractivity contribution is 4.76. The first kappa shape index (κ1) is 10.1. The predicted octanol–water partition coefficient (Wildman–Crippen LogP) is 4.25. The maximum atomic E-state index is 2.43. The van der Waals surface area contributed by atoms with Crippen LogP contribution in [0.5, 0.6) is 0 Å². The van der Waals surface area contributed by atoms with Gasteiger partial charge in [0.15, 0.2) is 0 Å². The van der Waals surface area contributed by atoms with E-state index >= 15 is 0 Å². The summed E-state index contributed by atoms with van der Waals surface area (Å²) in [7, 11) is 0. The summed E-state index contributed by atoms with van der Waals surface area (Å²) in [5, 5.41) is 0. The van der Waals surface area contributed by atoms with Gasteiger partial charge >= 0.3 is 0 Å². The van der Waals surface area contributed by atoms with Gasteiger partial charge in [0.25, 0.3) is 0 Å². The molecule has 0 N–H and O–H groups in total. The van der Waals surface area contributed by atoms with E-state index in [2.05, 4.69) is 27.7 Å². The molecule has 0 heterocycles.